The maximum atomic E-state index is 13.2. The molecule has 0 atom stereocenters. The number of nitrogens with zero attached hydrogens (tertiary/aromatic N) is 1. The van der Waals surface area contributed by atoms with Crippen molar-refractivity contribution >= 4 is 16.5 Å². The van der Waals surface area contributed by atoms with Crippen molar-refractivity contribution in [2.45, 2.75) is 6.61 Å². The van der Waals surface area contributed by atoms with E-state index < -0.39 is 29.0 Å². The predicted molar refractivity (Wildman–Crippen MR) is 57.1 cm³/mol. The first-order valence-electron chi connectivity index (χ1n) is 4.64. The van der Waals surface area contributed by atoms with Gasteiger partial charge in [0.15, 0.2) is 22.5 Å². The zero-order valence-corrected chi connectivity index (χ0v) is 9.53. The van der Waals surface area contributed by atoms with E-state index in [1.807, 2.05) is 0 Å². The van der Waals surface area contributed by atoms with E-state index in [-0.39, 0.29) is 17.8 Å². The monoisotopic (exact) mass is 278 g/mol. The van der Waals surface area contributed by atoms with Gasteiger partial charge in [0.25, 0.3) is 0 Å². The van der Waals surface area contributed by atoms with E-state index >= 15 is 0 Å². The Hall–Kier alpha value is -1.83. The van der Waals surface area contributed by atoms with Crippen LogP contribution in [-0.2, 0) is 6.61 Å². The average Bonchev–Trinajstić information content (AvgIpc) is 2.73. The zero-order chi connectivity index (χ0) is 13.3. The maximum absolute atomic E-state index is 13.2. The van der Waals surface area contributed by atoms with E-state index in [1.54, 1.807) is 0 Å². The molecular weight excluding hydrogens is 272 g/mol. The summed E-state index contributed by atoms with van der Waals surface area (Å²) in [6.45, 7) is -0.343. The summed E-state index contributed by atoms with van der Waals surface area (Å²) in [5.74, 6) is -7.34. The fourth-order valence-electron chi connectivity index (χ4n) is 1.21. The largest absolute Gasteiger partial charge is 0.481 e. The van der Waals surface area contributed by atoms with Crippen molar-refractivity contribution in [3.63, 3.8) is 0 Å². The number of nitrogens with two attached hydrogens (primary N) is 1. The number of anilines is 1. The van der Waals surface area contributed by atoms with Crippen LogP contribution in [0.3, 0.4) is 0 Å². The summed E-state index contributed by atoms with van der Waals surface area (Å²) in [7, 11) is 0. The van der Waals surface area contributed by atoms with Gasteiger partial charge in [0.2, 0.25) is 11.6 Å². The molecule has 0 aliphatic carbocycles. The fraction of sp³-hybridized carbons (Fsp3) is 0.100. The third kappa shape index (κ3) is 2.37. The van der Waals surface area contributed by atoms with E-state index in [2.05, 4.69) is 9.72 Å². The Kier molecular flexibility index (Phi) is 3.37. The molecule has 18 heavy (non-hydrogen) atoms. The van der Waals surface area contributed by atoms with Crippen LogP contribution in [0.15, 0.2) is 11.4 Å². The van der Waals surface area contributed by atoms with Gasteiger partial charge in [-0.3, -0.25) is 0 Å². The van der Waals surface area contributed by atoms with E-state index in [1.165, 1.54) is 5.38 Å². The Labute approximate surface area is 103 Å². The SMILES string of the molecule is Nc1nc(COc2c(F)c(F)cc(F)c2F)cs1. The second-order valence-corrected chi connectivity index (χ2v) is 4.15. The van der Waals surface area contributed by atoms with E-state index in [0.29, 0.717) is 5.69 Å². The van der Waals surface area contributed by atoms with Gasteiger partial charge in [-0.05, 0) is 0 Å². The molecule has 0 radical (unpaired) electrons. The number of hydrogen-bond donors (Lipinski definition) is 1. The van der Waals surface area contributed by atoms with Crippen molar-refractivity contribution in [3.05, 3.63) is 40.4 Å². The molecule has 0 fully saturated rings. The summed E-state index contributed by atoms with van der Waals surface area (Å²) in [6.07, 6.45) is 0. The molecule has 1 aromatic carbocycles. The average molecular weight is 278 g/mol. The van der Waals surface area contributed by atoms with Crippen LogP contribution in [0.1, 0.15) is 5.69 Å². The lowest BCUT2D eigenvalue weighted by Gasteiger charge is -2.07. The smallest absolute Gasteiger partial charge is 0.203 e. The minimum Gasteiger partial charge on any atom is -0.481 e. The van der Waals surface area contributed by atoms with Gasteiger partial charge in [-0.15, -0.1) is 11.3 Å². The molecule has 0 amide bonds. The molecule has 3 nitrogen and oxygen atoms in total. The van der Waals surface area contributed by atoms with Crippen LogP contribution in [0.5, 0.6) is 5.75 Å². The molecule has 2 rings (SSSR count). The minimum atomic E-state index is -1.59. The summed E-state index contributed by atoms with van der Waals surface area (Å²) >= 11 is 1.11. The van der Waals surface area contributed by atoms with E-state index in [4.69, 9.17) is 5.73 Å². The Morgan fingerprint density at radius 3 is 2.28 bits per heavy atom. The quantitative estimate of drug-likeness (QED) is 0.693. The molecule has 2 N–H and O–H groups in total. The normalized spacial score (nSPS) is 10.7. The van der Waals surface area contributed by atoms with Crippen molar-refractivity contribution in [1.82, 2.24) is 4.98 Å². The first kappa shape index (κ1) is 12.6. The molecule has 0 saturated heterocycles. The van der Waals surface area contributed by atoms with Crippen LogP contribution >= 0.6 is 11.3 Å². The number of nitrogen functional groups attached to an aromatic ring is 1. The van der Waals surface area contributed by atoms with Crippen molar-refractivity contribution in [2.75, 3.05) is 5.73 Å². The van der Waals surface area contributed by atoms with Crippen LogP contribution in [-0.4, -0.2) is 4.98 Å². The van der Waals surface area contributed by atoms with Crippen LogP contribution in [0.25, 0.3) is 0 Å². The Morgan fingerprint density at radius 1 is 1.17 bits per heavy atom. The van der Waals surface area contributed by atoms with Crippen molar-refractivity contribution in [3.8, 4) is 5.75 Å². The molecule has 2 aromatic rings. The van der Waals surface area contributed by atoms with Gasteiger partial charge in [-0.25, -0.2) is 13.8 Å². The molecule has 0 spiro atoms. The Morgan fingerprint density at radius 2 is 1.78 bits per heavy atom. The molecule has 8 heteroatoms. The molecule has 0 unspecified atom stereocenters. The number of rotatable bonds is 3. The van der Waals surface area contributed by atoms with Crippen LogP contribution in [0.4, 0.5) is 22.7 Å². The molecule has 0 saturated carbocycles. The summed E-state index contributed by atoms with van der Waals surface area (Å²) in [5, 5.41) is 1.75. The highest BCUT2D eigenvalue weighted by Crippen LogP contribution is 2.27. The second-order valence-electron chi connectivity index (χ2n) is 3.26. The third-order valence-electron chi connectivity index (χ3n) is 2.01. The lowest BCUT2D eigenvalue weighted by molar-refractivity contribution is 0.259. The Bertz CT molecular complexity index is 561. The number of hydrogen-bond acceptors (Lipinski definition) is 4. The predicted octanol–water partition coefficient (Wildman–Crippen LogP) is 2.86. The fourth-order valence-corrected chi connectivity index (χ4v) is 1.76. The summed E-state index contributed by atoms with van der Waals surface area (Å²) < 4.78 is 56.8. The lowest BCUT2D eigenvalue weighted by Crippen LogP contribution is -2.04. The van der Waals surface area contributed by atoms with Gasteiger partial charge in [0.05, 0.1) is 5.69 Å². The first-order valence-corrected chi connectivity index (χ1v) is 5.52. The van der Waals surface area contributed by atoms with Crippen LogP contribution < -0.4 is 10.5 Å². The van der Waals surface area contributed by atoms with Gasteiger partial charge < -0.3 is 10.5 Å². The molecule has 1 aromatic heterocycles. The summed E-state index contributed by atoms with van der Waals surface area (Å²) in [4.78, 5) is 3.77. The van der Waals surface area contributed by atoms with Gasteiger partial charge in [-0.2, -0.15) is 8.78 Å². The number of ether oxygens (including phenoxy) is 1. The van der Waals surface area contributed by atoms with E-state index in [0.717, 1.165) is 11.3 Å². The van der Waals surface area contributed by atoms with Crippen molar-refractivity contribution in [1.29, 1.82) is 0 Å². The number of benzene rings is 1. The van der Waals surface area contributed by atoms with Crippen molar-refractivity contribution in [2.24, 2.45) is 0 Å². The molecule has 0 aliphatic heterocycles. The zero-order valence-electron chi connectivity index (χ0n) is 8.71. The molecule has 0 bridgehead atoms. The highest BCUT2D eigenvalue weighted by atomic mass is 32.1. The van der Waals surface area contributed by atoms with Crippen LogP contribution in [0.2, 0.25) is 0 Å². The van der Waals surface area contributed by atoms with Gasteiger partial charge in [0.1, 0.15) is 6.61 Å². The van der Waals surface area contributed by atoms with Crippen molar-refractivity contribution < 1.29 is 22.3 Å². The van der Waals surface area contributed by atoms with E-state index in [9.17, 15) is 17.6 Å². The molecular formula is C10H6F4N2OS. The number of thiazole rings is 1. The highest BCUT2D eigenvalue weighted by molar-refractivity contribution is 7.13. The van der Waals surface area contributed by atoms with Crippen LogP contribution in [0, 0.1) is 23.3 Å². The lowest BCUT2D eigenvalue weighted by atomic mass is 10.3. The highest BCUT2D eigenvalue weighted by Gasteiger charge is 2.20. The second kappa shape index (κ2) is 4.81. The number of aromatic nitrogens is 1. The topological polar surface area (TPSA) is 48.1 Å². The first-order chi connectivity index (χ1) is 8.49. The molecule has 0 aliphatic rings. The van der Waals surface area contributed by atoms with Gasteiger partial charge >= 0.3 is 0 Å². The number of halogens is 4. The maximum Gasteiger partial charge on any atom is 0.203 e. The summed E-state index contributed by atoms with van der Waals surface area (Å²) in [6, 6.07) is 0.109. The Balaban J connectivity index is 2.24. The summed E-state index contributed by atoms with van der Waals surface area (Å²) in [5.41, 5.74) is 5.65. The van der Waals surface area contributed by atoms with Gasteiger partial charge in [0, 0.05) is 11.4 Å². The molecule has 1 heterocycles. The third-order valence-corrected chi connectivity index (χ3v) is 2.73. The minimum absolute atomic E-state index is 0.109. The molecule has 96 valence electrons. The van der Waals surface area contributed by atoms with Gasteiger partial charge in [-0.1, -0.05) is 0 Å². The standard InChI is InChI=1S/C10H6F4N2OS/c11-5-1-6(12)8(14)9(7(5)13)17-2-4-3-18-10(15)16-4/h1,3H,2H2,(H2,15,16).